The number of sulfone groups is 1. The number of rotatable bonds is 7. The van der Waals surface area contributed by atoms with Crippen molar-refractivity contribution in [2.24, 2.45) is 5.14 Å². The number of nitrogens with two attached hydrogens (primary N) is 2. The number of alkyl halides is 1. The molecule has 42 heavy (non-hydrogen) atoms. The molecule has 2 unspecified atom stereocenters. The van der Waals surface area contributed by atoms with Gasteiger partial charge in [-0.2, -0.15) is 0 Å². The molecule has 2 aromatic carbocycles. The minimum absolute atomic E-state index is 0.0229. The number of sulfonamides is 1. The van der Waals surface area contributed by atoms with Gasteiger partial charge >= 0.3 is 0 Å². The Kier molecular flexibility index (Phi) is 7.37. The molecule has 0 saturated carbocycles. The number of fused-ring (bicyclic) bond motifs is 1. The molecule has 5 rings (SSSR count). The van der Waals surface area contributed by atoms with Gasteiger partial charge in [0.05, 0.1) is 28.8 Å². The van der Waals surface area contributed by atoms with Crippen LogP contribution in [0.25, 0.3) is 33.2 Å². The number of allylic oxidation sites excluding steroid dienone is 3. The molecule has 0 fully saturated rings. The average Bonchev–Trinajstić information content (AvgIpc) is 2.95. The van der Waals surface area contributed by atoms with E-state index in [2.05, 4.69) is 9.97 Å². The first-order valence-corrected chi connectivity index (χ1v) is 15.9. The summed E-state index contributed by atoms with van der Waals surface area (Å²) >= 11 is 0. The first-order chi connectivity index (χ1) is 19.8. The molecule has 0 spiro atoms. The van der Waals surface area contributed by atoms with Crippen LogP contribution in [0.15, 0.2) is 89.7 Å². The Morgan fingerprint density at radius 3 is 2.33 bits per heavy atom. The van der Waals surface area contributed by atoms with Crippen LogP contribution >= 0.6 is 0 Å². The van der Waals surface area contributed by atoms with E-state index in [1.54, 1.807) is 43.3 Å². The number of hydrogen-bond acceptors (Lipinski definition) is 8. The number of nitrogen functional groups attached to an aromatic ring is 1. The van der Waals surface area contributed by atoms with Crippen molar-refractivity contribution >= 4 is 36.6 Å². The highest BCUT2D eigenvalue weighted by Crippen LogP contribution is 2.44. The zero-order valence-corrected chi connectivity index (χ0v) is 24.1. The Hall–Kier alpha value is -4.20. The topological polar surface area (TPSA) is 155 Å². The average molecular weight is 613 g/mol. The Bertz CT molecular complexity index is 2000. The van der Waals surface area contributed by atoms with Crippen LogP contribution in [0.1, 0.15) is 12.5 Å². The molecule has 2 aromatic heterocycles. The summed E-state index contributed by atoms with van der Waals surface area (Å²) in [7, 11) is -6.63. The molecule has 9 nitrogen and oxygen atoms in total. The van der Waals surface area contributed by atoms with Crippen molar-refractivity contribution in [2.45, 2.75) is 22.7 Å². The van der Waals surface area contributed by atoms with E-state index in [9.17, 15) is 21.2 Å². The van der Waals surface area contributed by atoms with Crippen molar-refractivity contribution in [1.29, 1.82) is 0 Å². The van der Waals surface area contributed by atoms with Crippen LogP contribution in [0.4, 0.5) is 14.6 Å². The molecule has 1 aliphatic rings. The fraction of sp³-hybridized carbons (Fsp3) is 0.172. The quantitative estimate of drug-likeness (QED) is 0.307. The third-order valence-electron chi connectivity index (χ3n) is 7.09. The van der Waals surface area contributed by atoms with Crippen molar-refractivity contribution in [3.8, 4) is 28.1 Å². The molecule has 0 saturated heterocycles. The van der Waals surface area contributed by atoms with E-state index >= 15 is 4.39 Å². The highest BCUT2D eigenvalue weighted by Gasteiger charge is 2.48. The van der Waals surface area contributed by atoms with Gasteiger partial charge in [-0.1, -0.05) is 31.2 Å². The second-order valence-electron chi connectivity index (χ2n) is 9.70. The van der Waals surface area contributed by atoms with Gasteiger partial charge in [-0.3, -0.25) is 0 Å². The summed E-state index contributed by atoms with van der Waals surface area (Å²) in [5.74, 6) is -1.00. The molecule has 4 N–H and O–H groups in total. The molecule has 2 heterocycles. The maximum absolute atomic E-state index is 16.5. The fourth-order valence-corrected chi connectivity index (χ4v) is 6.74. The van der Waals surface area contributed by atoms with Crippen LogP contribution in [0.3, 0.4) is 0 Å². The van der Waals surface area contributed by atoms with E-state index in [0.29, 0.717) is 39.2 Å². The van der Waals surface area contributed by atoms with Crippen molar-refractivity contribution < 1.29 is 30.4 Å². The van der Waals surface area contributed by atoms with Gasteiger partial charge in [-0.15, -0.1) is 0 Å². The van der Waals surface area contributed by atoms with Gasteiger partial charge in [0, 0.05) is 22.7 Å². The molecule has 2 atom stereocenters. The second kappa shape index (κ2) is 10.6. The number of hydrogen-bond donors (Lipinski definition) is 2. The molecule has 0 aliphatic heterocycles. The van der Waals surface area contributed by atoms with E-state index in [0.717, 1.165) is 12.2 Å². The van der Waals surface area contributed by atoms with Gasteiger partial charge in [0.15, 0.2) is 15.5 Å². The predicted molar refractivity (Wildman–Crippen MR) is 157 cm³/mol. The lowest BCUT2D eigenvalue weighted by Gasteiger charge is -2.31. The van der Waals surface area contributed by atoms with Crippen molar-refractivity contribution in [1.82, 2.24) is 9.97 Å². The number of pyridine rings is 2. The zero-order chi connectivity index (χ0) is 30.4. The highest BCUT2D eigenvalue weighted by molar-refractivity contribution is 7.91. The first kappa shape index (κ1) is 29.3. The summed E-state index contributed by atoms with van der Waals surface area (Å²) in [4.78, 5) is 8.85. The summed E-state index contributed by atoms with van der Waals surface area (Å²) < 4.78 is 84.9. The molecular weight excluding hydrogens is 586 g/mol. The normalized spacial score (nSPS) is 19.1. The highest BCUT2D eigenvalue weighted by atomic mass is 32.2. The molecule has 0 radical (unpaired) electrons. The summed E-state index contributed by atoms with van der Waals surface area (Å²) in [6, 6.07) is 14.6. The van der Waals surface area contributed by atoms with Crippen LogP contribution in [-0.4, -0.2) is 44.9 Å². The maximum atomic E-state index is 16.5. The van der Waals surface area contributed by atoms with Gasteiger partial charge in [-0.05, 0) is 59.7 Å². The summed E-state index contributed by atoms with van der Waals surface area (Å²) in [5.41, 5.74) is 5.74. The van der Waals surface area contributed by atoms with Crippen molar-refractivity contribution in [2.75, 3.05) is 18.6 Å². The Morgan fingerprint density at radius 1 is 1.00 bits per heavy atom. The third-order valence-corrected chi connectivity index (χ3v) is 10.0. The number of primary sulfonamides is 1. The van der Waals surface area contributed by atoms with Gasteiger partial charge < -0.3 is 10.5 Å². The molecule has 218 valence electrons. The maximum Gasteiger partial charge on any atom is 0.219 e. The van der Waals surface area contributed by atoms with Crippen LogP contribution in [-0.2, 0) is 25.5 Å². The van der Waals surface area contributed by atoms with Gasteiger partial charge in [0.2, 0.25) is 15.9 Å². The van der Waals surface area contributed by atoms with Crippen LogP contribution in [0, 0.1) is 0 Å². The van der Waals surface area contributed by atoms with E-state index in [1.165, 1.54) is 31.5 Å². The van der Waals surface area contributed by atoms with E-state index in [1.807, 2.05) is 0 Å². The Morgan fingerprint density at radius 2 is 1.69 bits per heavy atom. The lowest BCUT2D eigenvalue weighted by Crippen LogP contribution is -2.43. The minimum Gasteiger partial charge on any atom is -0.481 e. The zero-order valence-electron chi connectivity index (χ0n) is 22.5. The predicted octanol–water partition coefficient (Wildman–Crippen LogP) is 4.59. The SMILES string of the molecule is CCS(=O)(=O)c1ccc(-c2cc3cc(-c4cnc(OC)c(C5(F)C=C(F)C=CC5S(N)(=O)=O)c4)ccc3nc2N)cc1. The van der Waals surface area contributed by atoms with Crippen LogP contribution in [0.2, 0.25) is 0 Å². The number of methoxy groups -OCH3 is 1. The first-order valence-electron chi connectivity index (χ1n) is 12.6. The number of halogens is 2. The van der Waals surface area contributed by atoms with Crippen molar-refractivity contribution in [3.05, 3.63) is 90.4 Å². The summed E-state index contributed by atoms with van der Waals surface area (Å²) in [6.45, 7) is 1.57. The molecule has 4 aromatic rings. The monoisotopic (exact) mass is 612 g/mol. The number of nitrogens with zero attached hydrogens (tertiary/aromatic N) is 2. The lowest BCUT2D eigenvalue weighted by molar-refractivity contribution is 0.222. The third kappa shape index (κ3) is 5.26. The van der Waals surface area contributed by atoms with E-state index in [4.69, 9.17) is 15.6 Å². The second-order valence-corrected chi connectivity index (χ2v) is 13.7. The largest absolute Gasteiger partial charge is 0.481 e. The number of ether oxygens (including phenoxy) is 1. The van der Waals surface area contributed by atoms with E-state index in [-0.39, 0.29) is 27.9 Å². The van der Waals surface area contributed by atoms with Gasteiger partial charge in [0.25, 0.3) is 0 Å². The molecule has 1 aliphatic carbocycles. The molecular formula is C29H26F2N4O5S2. The van der Waals surface area contributed by atoms with E-state index < -0.39 is 36.6 Å². The van der Waals surface area contributed by atoms with Gasteiger partial charge in [-0.25, -0.2) is 40.7 Å². The number of aromatic nitrogens is 2. The number of benzene rings is 2. The van der Waals surface area contributed by atoms with Crippen molar-refractivity contribution in [3.63, 3.8) is 0 Å². The number of anilines is 1. The summed E-state index contributed by atoms with van der Waals surface area (Å²) in [6.07, 6.45) is 3.65. The Labute approximate surface area is 241 Å². The molecule has 0 amide bonds. The lowest BCUT2D eigenvalue weighted by atomic mass is 9.87. The molecule has 0 bridgehead atoms. The Balaban J connectivity index is 1.61. The molecule has 13 heteroatoms. The van der Waals surface area contributed by atoms with Crippen LogP contribution in [0.5, 0.6) is 5.88 Å². The standard InChI is InChI=1S/C29H26F2N4O5S2/c1-3-41(36,37)22-8-4-17(5-9-22)23-13-19-12-18(6-10-25(19)35-27(23)32)20-14-24(28(40-2)34-16-20)29(31)15-21(30)7-11-26(29)42(33,38)39/h4-16,26H,3H2,1-2H3,(H2,32,35)(H2,33,38,39). The fourth-order valence-electron chi connectivity index (χ4n) is 4.89. The summed E-state index contributed by atoms with van der Waals surface area (Å²) in [5, 5.41) is 4.04. The minimum atomic E-state index is -4.49. The van der Waals surface area contributed by atoms with Gasteiger partial charge in [0.1, 0.15) is 16.9 Å². The smallest absolute Gasteiger partial charge is 0.219 e. The van der Waals surface area contributed by atoms with Crippen LogP contribution < -0.4 is 15.6 Å².